The number of aryl methyl sites for hydroxylation is 2. The molecule has 0 saturated carbocycles. The molecule has 18 heavy (non-hydrogen) atoms. The normalized spacial score (nSPS) is 18.8. The Morgan fingerprint density at radius 3 is 2.56 bits per heavy atom. The number of nitrogens with zero attached hydrogens (tertiary/aromatic N) is 1. The standard InChI is InChI=1S/C15H24N2O/c1-12-3-4-14(11-13(12)2)15(5-10-18)17-8-6-16-7-9-17/h3-4,11,15-16,18H,5-10H2,1-2H3/t15-/m0/s1. The van der Waals surface area contributed by atoms with E-state index in [0.717, 1.165) is 32.6 Å². The lowest BCUT2D eigenvalue weighted by molar-refractivity contribution is 0.141. The Morgan fingerprint density at radius 1 is 1.22 bits per heavy atom. The van der Waals surface area contributed by atoms with E-state index in [1.54, 1.807) is 0 Å². The summed E-state index contributed by atoms with van der Waals surface area (Å²) < 4.78 is 0. The monoisotopic (exact) mass is 248 g/mol. The Kier molecular flexibility index (Phi) is 4.75. The van der Waals surface area contributed by atoms with Gasteiger partial charge in [0.1, 0.15) is 0 Å². The average molecular weight is 248 g/mol. The van der Waals surface area contributed by atoms with E-state index < -0.39 is 0 Å². The maximum absolute atomic E-state index is 9.31. The number of hydrogen-bond acceptors (Lipinski definition) is 3. The van der Waals surface area contributed by atoms with Crippen LogP contribution in [0, 0.1) is 13.8 Å². The molecule has 2 rings (SSSR count). The molecule has 3 heteroatoms. The summed E-state index contributed by atoms with van der Waals surface area (Å²) in [6, 6.07) is 7.04. The number of aliphatic hydroxyl groups is 1. The van der Waals surface area contributed by atoms with E-state index in [-0.39, 0.29) is 6.61 Å². The van der Waals surface area contributed by atoms with E-state index in [4.69, 9.17) is 0 Å². The molecule has 1 aliphatic rings. The number of benzene rings is 1. The Hall–Kier alpha value is -0.900. The third kappa shape index (κ3) is 3.10. The lowest BCUT2D eigenvalue weighted by atomic mass is 9.97. The van der Waals surface area contributed by atoms with Crippen molar-refractivity contribution in [1.82, 2.24) is 10.2 Å². The lowest BCUT2D eigenvalue weighted by Gasteiger charge is -2.35. The summed E-state index contributed by atoms with van der Waals surface area (Å²) in [4.78, 5) is 2.48. The van der Waals surface area contributed by atoms with Gasteiger partial charge >= 0.3 is 0 Å². The summed E-state index contributed by atoms with van der Waals surface area (Å²) in [7, 11) is 0. The van der Waals surface area contributed by atoms with Gasteiger partial charge in [0, 0.05) is 38.8 Å². The number of piperazine rings is 1. The molecule has 0 unspecified atom stereocenters. The second kappa shape index (κ2) is 6.32. The first-order valence-corrected chi connectivity index (χ1v) is 6.85. The smallest absolute Gasteiger partial charge is 0.0449 e. The zero-order valence-electron chi connectivity index (χ0n) is 11.4. The minimum Gasteiger partial charge on any atom is -0.396 e. The topological polar surface area (TPSA) is 35.5 Å². The Labute approximate surface area is 110 Å². The molecular weight excluding hydrogens is 224 g/mol. The van der Waals surface area contributed by atoms with Crippen LogP contribution in [0.3, 0.4) is 0 Å². The molecule has 0 radical (unpaired) electrons. The Morgan fingerprint density at radius 2 is 1.94 bits per heavy atom. The van der Waals surface area contributed by atoms with Gasteiger partial charge in [-0.1, -0.05) is 18.2 Å². The van der Waals surface area contributed by atoms with Crippen molar-refractivity contribution in [2.75, 3.05) is 32.8 Å². The van der Waals surface area contributed by atoms with Gasteiger partial charge in [0.15, 0.2) is 0 Å². The number of nitrogens with one attached hydrogen (secondary N) is 1. The highest BCUT2D eigenvalue weighted by Gasteiger charge is 2.21. The predicted octanol–water partition coefficient (Wildman–Crippen LogP) is 1.63. The molecule has 1 aromatic carbocycles. The van der Waals surface area contributed by atoms with Crippen molar-refractivity contribution in [3.63, 3.8) is 0 Å². The number of aliphatic hydroxyl groups excluding tert-OH is 1. The van der Waals surface area contributed by atoms with Crippen LogP contribution in [-0.4, -0.2) is 42.8 Å². The summed E-state index contributed by atoms with van der Waals surface area (Å²) in [5.74, 6) is 0. The van der Waals surface area contributed by atoms with Gasteiger partial charge in [-0.3, -0.25) is 4.90 Å². The summed E-state index contributed by atoms with van der Waals surface area (Å²) in [6.45, 7) is 8.79. The molecule has 0 amide bonds. The third-order valence-corrected chi connectivity index (χ3v) is 3.91. The highest BCUT2D eigenvalue weighted by molar-refractivity contribution is 5.31. The third-order valence-electron chi connectivity index (χ3n) is 3.91. The molecule has 1 atom stereocenters. The van der Waals surface area contributed by atoms with Gasteiger partial charge in [0.25, 0.3) is 0 Å². The fraction of sp³-hybridized carbons (Fsp3) is 0.600. The van der Waals surface area contributed by atoms with Crippen LogP contribution in [0.2, 0.25) is 0 Å². The van der Waals surface area contributed by atoms with Gasteiger partial charge in [-0.25, -0.2) is 0 Å². The minimum absolute atomic E-state index is 0.252. The largest absolute Gasteiger partial charge is 0.396 e. The fourth-order valence-electron chi connectivity index (χ4n) is 2.65. The van der Waals surface area contributed by atoms with Crippen molar-refractivity contribution in [3.8, 4) is 0 Å². The van der Waals surface area contributed by atoms with Gasteiger partial charge in [-0.2, -0.15) is 0 Å². The Bertz CT molecular complexity index is 386. The highest BCUT2D eigenvalue weighted by Crippen LogP contribution is 2.26. The molecule has 0 spiro atoms. The maximum atomic E-state index is 9.31. The van der Waals surface area contributed by atoms with E-state index in [0.29, 0.717) is 6.04 Å². The Balaban J connectivity index is 2.19. The minimum atomic E-state index is 0.252. The lowest BCUT2D eigenvalue weighted by Crippen LogP contribution is -2.45. The van der Waals surface area contributed by atoms with Gasteiger partial charge in [-0.05, 0) is 37.0 Å². The van der Waals surface area contributed by atoms with Crippen LogP contribution in [0.25, 0.3) is 0 Å². The molecule has 0 aliphatic carbocycles. The number of hydrogen-bond donors (Lipinski definition) is 2. The second-order valence-electron chi connectivity index (χ2n) is 5.16. The van der Waals surface area contributed by atoms with E-state index in [1.807, 2.05) is 0 Å². The first-order valence-electron chi connectivity index (χ1n) is 6.85. The van der Waals surface area contributed by atoms with Crippen LogP contribution in [-0.2, 0) is 0 Å². The van der Waals surface area contributed by atoms with E-state index in [9.17, 15) is 5.11 Å². The summed E-state index contributed by atoms with van der Waals surface area (Å²) >= 11 is 0. The molecular formula is C15H24N2O. The molecule has 100 valence electrons. The van der Waals surface area contributed by atoms with E-state index in [2.05, 4.69) is 42.3 Å². The molecule has 0 bridgehead atoms. The maximum Gasteiger partial charge on any atom is 0.0449 e. The second-order valence-corrected chi connectivity index (χ2v) is 5.16. The molecule has 1 fully saturated rings. The van der Waals surface area contributed by atoms with Crippen molar-refractivity contribution >= 4 is 0 Å². The van der Waals surface area contributed by atoms with Gasteiger partial charge in [0.05, 0.1) is 0 Å². The van der Waals surface area contributed by atoms with E-state index >= 15 is 0 Å². The molecule has 2 N–H and O–H groups in total. The van der Waals surface area contributed by atoms with Crippen LogP contribution in [0.4, 0.5) is 0 Å². The molecule has 1 heterocycles. The SMILES string of the molecule is Cc1ccc([C@H](CCO)N2CCNCC2)cc1C. The quantitative estimate of drug-likeness (QED) is 0.850. The van der Waals surface area contributed by atoms with Crippen LogP contribution < -0.4 is 5.32 Å². The van der Waals surface area contributed by atoms with Gasteiger partial charge in [-0.15, -0.1) is 0 Å². The van der Waals surface area contributed by atoms with Crippen LogP contribution in [0.1, 0.15) is 29.2 Å². The first-order chi connectivity index (χ1) is 8.72. The van der Waals surface area contributed by atoms with Gasteiger partial charge < -0.3 is 10.4 Å². The summed E-state index contributed by atoms with van der Waals surface area (Å²) in [5, 5.41) is 12.7. The zero-order chi connectivity index (χ0) is 13.0. The van der Waals surface area contributed by atoms with Crippen LogP contribution in [0.5, 0.6) is 0 Å². The average Bonchev–Trinajstić information content (AvgIpc) is 2.40. The predicted molar refractivity (Wildman–Crippen MR) is 74.8 cm³/mol. The van der Waals surface area contributed by atoms with Crippen LogP contribution >= 0.6 is 0 Å². The summed E-state index contributed by atoms with van der Waals surface area (Å²) in [6.07, 6.45) is 0.822. The molecule has 3 nitrogen and oxygen atoms in total. The molecule has 1 aromatic rings. The van der Waals surface area contributed by atoms with E-state index in [1.165, 1.54) is 16.7 Å². The number of rotatable bonds is 4. The molecule has 1 saturated heterocycles. The van der Waals surface area contributed by atoms with Crippen molar-refractivity contribution in [2.24, 2.45) is 0 Å². The molecule has 1 aliphatic heterocycles. The molecule has 0 aromatic heterocycles. The van der Waals surface area contributed by atoms with Crippen molar-refractivity contribution in [2.45, 2.75) is 26.3 Å². The highest BCUT2D eigenvalue weighted by atomic mass is 16.3. The van der Waals surface area contributed by atoms with Crippen molar-refractivity contribution in [1.29, 1.82) is 0 Å². The fourth-order valence-corrected chi connectivity index (χ4v) is 2.65. The zero-order valence-corrected chi connectivity index (χ0v) is 11.4. The summed E-state index contributed by atoms with van der Waals surface area (Å²) in [5.41, 5.74) is 4.02. The van der Waals surface area contributed by atoms with Gasteiger partial charge in [0.2, 0.25) is 0 Å². The van der Waals surface area contributed by atoms with Crippen molar-refractivity contribution in [3.05, 3.63) is 34.9 Å². The van der Waals surface area contributed by atoms with Crippen molar-refractivity contribution < 1.29 is 5.11 Å². The first kappa shape index (κ1) is 13.5. The van der Waals surface area contributed by atoms with Crippen LogP contribution in [0.15, 0.2) is 18.2 Å².